The number of anilines is 2. The van der Waals surface area contributed by atoms with Crippen LogP contribution < -0.4 is 10.6 Å². The van der Waals surface area contributed by atoms with E-state index in [4.69, 9.17) is 0 Å². The van der Waals surface area contributed by atoms with E-state index in [-0.39, 0.29) is 18.4 Å². The molecule has 6 nitrogen and oxygen atoms in total. The molecule has 2 amide bonds. The van der Waals surface area contributed by atoms with Gasteiger partial charge >= 0.3 is 0 Å². The second-order valence-corrected chi connectivity index (χ2v) is 7.23. The number of thiazole rings is 1. The van der Waals surface area contributed by atoms with Crippen LogP contribution in [-0.2, 0) is 17.9 Å². The van der Waals surface area contributed by atoms with Gasteiger partial charge in [0.1, 0.15) is 11.4 Å². The van der Waals surface area contributed by atoms with Gasteiger partial charge in [-0.15, -0.1) is 0 Å². The zero-order valence-electron chi connectivity index (χ0n) is 14.5. The van der Waals surface area contributed by atoms with E-state index >= 15 is 0 Å². The molecule has 0 unspecified atom stereocenters. The molecule has 1 aliphatic heterocycles. The van der Waals surface area contributed by atoms with Gasteiger partial charge in [-0.25, -0.2) is 4.98 Å². The Bertz CT molecular complexity index is 957. The number of carbonyl (C=O) groups is 2. The lowest BCUT2D eigenvalue weighted by Gasteiger charge is -2.19. The molecule has 1 aromatic heterocycles. The Morgan fingerprint density at radius 3 is 2.37 bits per heavy atom. The quantitative estimate of drug-likeness (QED) is 0.714. The van der Waals surface area contributed by atoms with Crippen LogP contribution in [0.2, 0.25) is 0 Å². The lowest BCUT2D eigenvalue weighted by Crippen LogP contribution is -2.34. The summed E-state index contributed by atoms with van der Waals surface area (Å²) >= 11 is 1.26. The summed E-state index contributed by atoms with van der Waals surface area (Å²) in [5.41, 5.74) is 2.10. The minimum atomic E-state index is -0.238. The topological polar surface area (TPSA) is 74.3 Å². The highest BCUT2D eigenvalue weighted by Gasteiger charge is 2.29. The zero-order valence-corrected chi connectivity index (χ0v) is 15.3. The van der Waals surface area contributed by atoms with Gasteiger partial charge in [0, 0.05) is 13.1 Å². The van der Waals surface area contributed by atoms with Gasteiger partial charge in [-0.1, -0.05) is 72.0 Å². The fraction of sp³-hybridized carbons (Fsp3) is 0.150. The van der Waals surface area contributed by atoms with Crippen molar-refractivity contribution < 1.29 is 9.59 Å². The highest BCUT2D eigenvalue weighted by molar-refractivity contribution is 7.18. The Morgan fingerprint density at radius 1 is 1.00 bits per heavy atom. The zero-order chi connectivity index (χ0) is 18.6. The molecule has 0 bridgehead atoms. The van der Waals surface area contributed by atoms with Crippen LogP contribution in [0, 0.1) is 0 Å². The van der Waals surface area contributed by atoms with Gasteiger partial charge in [0.25, 0.3) is 5.91 Å². The van der Waals surface area contributed by atoms with E-state index in [1.54, 1.807) is 4.90 Å². The molecule has 0 saturated heterocycles. The van der Waals surface area contributed by atoms with Gasteiger partial charge in [-0.05, 0) is 11.1 Å². The number of nitrogens with one attached hydrogen (secondary N) is 2. The van der Waals surface area contributed by atoms with Crippen molar-refractivity contribution in [1.29, 1.82) is 0 Å². The first-order chi connectivity index (χ1) is 13.2. The molecular weight excluding hydrogens is 360 g/mol. The highest BCUT2D eigenvalue weighted by Crippen LogP contribution is 2.31. The van der Waals surface area contributed by atoms with Gasteiger partial charge in [0.15, 0.2) is 10.9 Å². The Labute approximate surface area is 160 Å². The minimum absolute atomic E-state index is 0.0174. The van der Waals surface area contributed by atoms with E-state index in [9.17, 15) is 9.59 Å². The van der Waals surface area contributed by atoms with E-state index in [1.165, 1.54) is 11.3 Å². The predicted octanol–water partition coefficient (Wildman–Crippen LogP) is 3.35. The molecule has 2 N–H and O–H groups in total. The average Bonchev–Trinajstić information content (AvgIpc) is 3.05. The Hall–Kier alpha value is -3.19. The van der Waals surface area contributed by atoms with Crippen molar-refractivity contribution >= 4 is 34.1 Å². The number of hydrogen-bond donors (Lipinski definition) is 2. The summed E-state index contributed by atoms with van der Waals surface area (Å²) in [6, 6.07) is 19.6. The number of aromatic nitrogens is 1. The number of benzene rings is 2. The van der Waals surface area contributed by atoms with E-state index in [1.807, 2.05) is 60.7 Å². The maximum absolute atomic E-state index is 13.0. The van der Waals surface area contributed by atoms with Crippen LogP contribution in [0.4, 0.5) is 10.9 Å². The maximum Gasteiger partial charge on any atom is 0.268 e. The Morgan fingerprint density at radius 2 is 1.67 bits per heavy atom. The lowest BCUT2D eigenvalue weighted by atomic mass is 10.2. The van der Waals surface area contributed by atoms with Crippen LogP contribution in [-0.4, -0.2) is 28.2 Å². The Kier molecular flexibility index (Phi) is 4.84. The summed E-state index contributed by atoms with van der Waals surface area (Å²) in [5, 5.41) is 6.58. The molecule has 0 atom stereocenters. The van der Waals surface area contributed by atoms with Gasteiger partial charge in [0.05, 0.1) is 0 Å². The normalized spacial score (nSPS) is 13.7. The first-order valence-electron chi connectivity index (χ1n) is 8.61. The third-order valence-corrected chi connectivity index (χ3v) is 5.20. The van der Waals surface area contributed by atoms with E-state index in [2.05, 4.69) is 15.6 Å². The number of amides is 2. The molecule has 1 aliphatic rings. The molecule has 0 fully saturated rings. The van der Waals surface area contributed by atoms with Crippen LogP contribution in [0.25, 0.3) is 0 Å². The number of fused-ring (bicyclic) bond motifs is 1. The SMILES string of the molecule is O=C1CN(Cc2ccccc2)C(=O)c2sc(NCc3ccccc3)nc2N1. The third kappa shape index (κ3) is 3.98. The van der Waals surface area contributed by atoms with E-state index < -0.39 is 0 Å². The van der Waals surface area contributed by atoms with Crippen LogP contribution in [0.5, 0.6) is 0 Å². The van der Waals surface area contributed by atoms with Crippen LogP contribution in [0.15, 0.2) is 60.7 Å². The van der Waals surface area contributed by atoms with Gasteiger partial charge in [-0.3, -0.25) is 9.59 Å². The minimum Gasteiger partial charge on any atom is -0.357 e. The fourth-order valence-corrected chi connectivity index (χ4v) is 3.78. The summed E-state index contributed by atoms with van der Waals surface area (Å²) in [5.74, 6) is -0.0865. The highest BCUT2D eigenvalue weighted by atomic mass is 32.1. The number of carbonyl (C=O) groups excluding carboxylic acids is 2. The monoisotopic (exact) mass is 378 g/mol. The van der Waals surface area contributed by atoms with Crippen LogP contribution in [0.1, 0.15) is 20.8 Å². The summed E-state index contributed by atoms with van der Waals surface area (Å²) in [4.78, 5) is 31.6. The summed E-state index contributed by atoms with van der Waals surface area (Å²) in [7, 11) is 0. The van der Waals surface area contributed by atoms with E-state index in [0.717, 1.165) is 11.1 Å². The smallest absolute Gasteiger partial charge is 0.268 e. The Balaban J connectivity index is 1.53. The molecule has 27 heavy (non-hydrogen) atoms. The van der Waals surface area contributed by atoms with Crippen LogP contribution >= 0.6 is 11.3 Å². The molecule has 136 valence electrons. The standard InChI is InChI=1S/C20H18N4O2S/c25-16-13-24(12-15-9-5-2-6-10-15)19(26)17-18(22-16)23-20(27-17)21-11-14-7-3-1-4-8-14/h1-10H,11-13H2,(H,21,23)(H,22,25). The number of nitrogens with zero attached hydrogens (tertiary/aromatic N) is 2. The molecule has 0 aliphatic carbocycles. The van der Waals surface area contributed by atoms with Gasteiger partial charge < -0.3 is 15.5 Å². The second kappa shape index (κ2) is 7.59. The summed E-state index contributed by atoms with van der Waals surface area (Å²) in [6.07, 6.45) is 0. The average molecular weight is 378 g/mol. The van der Waals surface area contributed by atoms with Gasteiger partial charge in [0.2, 0.25) is 5.91 Å². The van der Waals surface area contributed by atoms with Crippen molar-refractivity contribution in [3.8, 4) is 0 Å². The van der Waals surface area contributed by atoms with Crippen molar-refractivity contribution in [2.24, 2.45) is 0 Å². The molecule has 0 spiro atoms. The molecular formula is C20H18N4O2S. The van der Waals surface area contributed by atoms with Crippen molar-refractivity contribution in [3.63, 3.8) is 0 Å². The predicted molar refractivity (Wildman–Crippen MR) is 106 cm³/mol. The number of rotatable bonds is 5. The summed E-state index contributed by atoms with van der Waals surface area (Å²) in [6.45, 7) is 1.00. The lowest BCUT2D eigenvalue weighted by molar-refractivity contribution is -0.116. The molecule has 0 radical (unpaired) electrons. The molecule has 2 heterocycles. The largest absolute Gasteiger partial charge is 0.357 e. The summed E-state index contributed by atoms with van der Waals surface area (Å²) < 4.78 is 0. The third-order valence-electron chi connectivity index (χ3n) is 4.20. The van der Waals surface area contributed by atoms with Crippen molar-refractivity contribution in [2.75, 3.05) is 17.2 Å². The first kappa shape index (κ1) is 17.2. The van der Waals surface area contributed by atoms with E-state index in [0.29, 0.717) is 28.9 Å². The molecule has 3 aromatic rings. The molecule has 2 aromatic carbocycles. The molecule has 7 heteroatoms. The fourth-order valence-electron chi connectivity index (χ4n) is 2.89. The molecule has 0 saturated carbocycles. The van der Waals surface area contributed by atoms with Crippen molar-refractivity contribution in [3.05, 3.63) is 76.7 Å². The molecule has 4 rings (SSSR count). The second-order valence-electron chi connectivity index (χ2n) is 6.23. The maximum atomic E-state index is 13.0. The van der Waals surface area contributed by atoms with Gasteiger partial charge in [-0.2, -0.15) is 0 Å². The number of hydrogen-bond acceptors (Lipinski definition) is 5. The van der Waals surface area contributed by atoms with Crippen molar-refractivity contribution in [1.82, 2.24) is 9.88 Å². The first-order valence-corrected chi connectivity index (χ1v) is 9.42. The van der Waals surface area contributed by atoms with Crippen molar-refractivity contribution in [2.45, 2.75) is 13.1 Å². The van der Waals surface area contributed by atoms with Crippen LogP contribution in [0.3, 0.4) is 0 Å².